The van der Waals surface area contributed by atoms with Gasteiger partial charge in [-0.2, -0.15) is 0 Å². The summed E-state index contributed by atoms with van der Waals surface area (Å²) in [4.78, 5) is 22.5. The minimum Gasteiger partial charge on any atom is -0.486 e. The van der Waals surface area contributed by atoms with Gasteiger partial charge in [-0.05, 0) is 44.5 Å². The third-order valence-corrected chi connectivity index (χ3v) is 3.32. The van der Waals surface area contributed by atoms with E-state index in [-0.39, 0.29) is 17.9 Å². The Morgan fingerprint density at radius 1 is 1.32 bits per heavy atom. The molecular formula is C15H18O4. The van der Waals surface area contributed by atoms with Gasteiger partial charge in [-0.1, -0.05) is 0 Å². The predicted molar refractivity (Wildman–Crippen MR) is 70.4 cm³/mol. The van der Waals surface area contributed by atoms with Crippen LogP contribution in [0.3, 0.4) is 0 Å². The first-order valence-electron chi connectivity index (χ1n) is 6.29. The number of fused-ring (bicyclic) bond motifs is 1. The van der Waals surface area contributed by atoms with Gasteiger partial charge in [-0.3, -0.25) is 9.59 Å². The summed E-state index contributed by atoms with van der Waals surface area (Å²) in [6.45, 7) is 6.59. The zero-order chi connectivity index (χ0) is 14.2. The molecule has 0 fully saturated rings. The van der Waals surface area contributed by atoms with Gasteiger partial charge in [0.2, 0.25) is 0 Å². The molecular weight excluding hydrogens is 244 g/mol. The van der Waals surface area contributed by atoms with Gasteiger partial charge >= 0.3 is 5.97 Å². The molecule has 19 heavy (non-hydrogen) atoms. The smallest absolute Gasteiger partial charge is 0.303 e. The van der Waals surface area contributed by atoms with Gasteiger partial charge < -0.3 is 9.47 Å². The van der Waals surface area contributed by atoms with Gasteiger partial charge in [0.15, 0.2) is 5.78 Å². The lowest BCUT2D eigenvalue weighted by Crippen LogP contribution is -2.43. The summed E-state index contributed by atoms with van der Waals surface area (Å²) >= 11 is 0. The summed E-state index contributed by atoms with van der Waals surface area (Å²) in [5, 5.41) is 0. The van der Waals surface area contributed by atoms with E-state index in [4.69, 9.17) is 9.47 Å². The van der Waals surface area contributed by atoms with Crippen LogP contribution in [0.25, 0.3) is 0 Å². The Kier molecular flexibility index (Phi) is 3.35. The lowest BCUT2D eigenvalue weighted by Gasteiger charge is -2.30. The molecule has 0 spiro atoms. The molecule has 1 aliphatic heterocycles. The highest BCUT2D eigenvalue weighted by molar-refractivity contribution is 5.94. The van der Waals surface area contributed by atoms with Crippen molar-refractivity contribution in [1.82, 2.24) is 0 Å². The number of ether oxygens (including phenoxy) is 2. The van der Waals surface area contributed by atoms with E-state index in [1.807, 2.05) is 19.9 Å². The normalized spacial score (nSPS) is 17.6. The van der Waals surface area contributed by atoms with Gasteiger partial charge in [0.1, 0.15) is 17.5 Å². The number of hydrogen-bond donors (Lipinski definition) is 0. The zero-order valence-corrected chi connectivity index (χ0v) is 11.6. The number of esters is 1. The van der Waals surface area contributed by atoms with E-state index < -0.39 is 5.60 Å². The third kappa shape index (κ3) is 2.78. The molecule has 0 amide bonds. The van der Waals surface area contributed by atoms with Gasteiger partial charge in [0.25, 0.3) is 0 Å². The van der Waals surface area contributed by atoms with Crippen molar-refractivity contribution in [3.05, 3.63) is 29.3 Å². The number of hydrogen-bond acceptors (Lipinski definition) is 4. The molecule has 102 valence electrons. The van der Waals surface area contributed by atoms with Crippen molar-refractivity contribution in [3.8, 4) is 5.75 Å². The van der Waals surface area contributed by atoms with E-state index >= 15 is 0 Å². The SMILES string of the molecule is CC(=O)OC(C)(C)C1Cc2cc(C(C)=O)ccc2O1. The Bertz CT molecular complexity index is 531. The summed E-state index contributed by atoms with van der Waals surface area (Å²) in [6.07, 6.45) is 0.408. The summed E-state index contributed by atoms with van der Waals surface area (Å²) in [6, 6.07) is 5.40. The number of Topliss-reactive ketones (excluding diaryl/α,β-unsaturated/α-hetero) is 1. The zero-order valence-electron chi connectivity index (χ0n) is 11.6. The van der Waals surface area contributed by atoms with Crippen molar-refractivity contribution in [1.29, 1.82) is 0 Å². The Morgan fingerprint density at radius 3 is 2.58 bits per heavy atom. The van der Waals surface area contributed by atoms with Crippen LogP contribution in [-0.2, 0) is 16.0 Å². The Morgan fingerprint density at radius 2 is 2.00 bits per heavy atom. The molecule has 0 saturated carbocycles. The molecule has 2 rings (SSSR count). The lowest BCUT2D eigenvalue weighted by atomic mass is 9.96. The van der Waals surface area contributed by atoms with Crippen LogP contribution >= 0.6 is 0 Å². The van der Waals surface area contributed by atoms with E-state index in [0.717, 1.165) is 11.3 Å². The van der Waals surface area contributed by atoms with Crippen molar-refractivity contribution < 1.29 is 19.1 Å². The van der Waals surface area contributed by atoms with Crippen LogP contribution in [0, 0.1) is 0 Å². The average molecular weight is 262 g/mol. The second-order valence-corrected chi connectivity index (χ2v) is 5.39. The van der Waals surface area contributed by atoms with Crippen molar-refractivity contribution in [3.63, 3.8) is 0 Å². The number of carbonyl (C=O) groups excluding carboxylic acids is 2. The fraction of sp³-hybridized carbons (Fsp3) is 0.467. The third-order valence-electron chi connectivity index (χ3n) is 3.32. The molecule has 4 heteroatoms. The largest absolute Gasteiger partial charge is 0.486 e. The van der Waals surface area contributed by atoms with Crippen LogP contribution in [0.2, 0.25) is 0 Å². The summed E-state index contributed by atoms with van der Waals surface area (Å²) < 4.78 is 11.1. The van der Waals surface area contributed by atoms with Crippen molar-refractivity contribution in [2.75, 3.05) is 0 Å². The first-order valence-corrected chi connectivity index (χ1v) is 6.29. The van der Waals surface area contributed by atoms with Crippen LogP contribution in [0.4, 0.5) is 0 Å². The first-order chi connectivity index (χ1) is 8.79. The van der Waals surface area contributed by atoms with E-state index in [0.29, 0.717) is 12.0 Å². The van der Waals surface area contributed by atoms with E-state index in [1.165, 1.54) is 13.8 Å². The van der Waals surface area contributed by atoms with Gasteiger partial charge in [0.05, 0.1) is 0 Å². The molecule has 0 N–H and O–H groups in total. The molecule has 1 aliphatic rings. The van der Waals surface area contributed by atoms with Gasteiger partial charge in [0, 0.05) is 18.9 Å². The Balaban J connectivity index is 2.20. The molecule has 1 aromatic rings. The summed E-state index contributed by atoms with van der Waals surface area (Å²) in [5.41, 5.74) is 0.965. The molecule has 4 nitrogen and oxygen atoms in total. The predicted octanol–water partition coefficient (Wildman–Crippen LogP) is 2.53. The van der Waals surface area contributed by atoms with Crippen LogP contribution in [0.5, 0.6) is 5.75 Å². The van der Waals surface area contributed by atoms with Crippen LogP contribution in [0.1, 0.15) is 43.6 Å². The van der Waals surface area contributed by atoms with Crippen molar-refractivity contribution >= 4 is 11.8 Å². The maximum Gasteiger partial charge on any atom is 0.303 e. The van der Waals surface area contributed by atoms with Crippen LogP contribution in [-0.4, -0.2) is 23.5 Å². The second-order valence-electron chi connectivity index (χ2n) is 5.39. The second kappa shape index (κ2) is 4.68. The molecule has 0 saturated heterocycles. The van der Waals surface area contributed by atoms with Crippen LogP contribution in [0.15, 0.2) is 18.2 Å². The minimum atomic E-state index is -0.693. The summed E-state index contributed by atoms with van der Waals surface area (Å²) in [7, 11) is 0. The first kappa shape index (κ1) is 13.6. The highest BCUT2D eigenvalue weighted by Crippen LogP contribution is 2.35. The molecule has 0 radical (unpaired) electrons. The van der Waals surface area contributed by atoms with Crippen molar-refractivity contribution in [2.45, 2.75) is 45.8 Å². The van der Waals surface area contributed by atoms with Crippen molar-refractivity contribution in [2.24, 2.45) is 0 Å². The standard InChI is InChI=1S/C15H18O4/c1-9(16)11-5-6-13-12(7-11)8-14(18-13)15(3,4)19-10(2)17/h5-7,14H,8H2,1-4H3. The summed E-state index contributed by atoms with van der Waals surface area (Å²) in [5.74, 6) is 0.467. The molecule has 0 bridgehead atoms. The number of carbonyl (C=O) groups is 2. The van der Waals surface area contributed by atoms with E-state index in [2.05, 4.69) is 0 Å². The highest BCUT2D eigenvalue weighted by atomic mass is 16.6. The minimum absolute atomic E-state index is 0.0329. The van der Waals surface area contributed by atoms with E-state index in [9.17, 15) is 9.59 Å². The van der Waals surface area contributed by atoms with E-state index in [1.54, 1.807) is 12.1 Å². The molecule has 0 aliphatic carbocycles. The molecule has 0 aromatic heterocycles. The fourth-order valence-electron chi connectivity index (χ4n) is 2.29. The highest BCUT2D eigenvalue weighted by Gasteiger charge is 2.39. The van der Waals surface area contributed by atoms with Gasteiger partial charge in [-0.25, -0.2) is 0 Å². The van der Waals surface area contributed by atoms with Gasteiger partial charge in [-0.15, -0.1) is 0 Å². The topological polar surface area (TPSA) is 52.6 Å². The monoisotopic (exact) mass is 262 g/mol. The molecule has 1 atom stereocenters. The quantitative estimate of drug-likeness (QED) is 0.620. The number of benzene rings is 1. The molecule has 1 aromatic carbocycles. The molecule has 1 unspecified atom stereocenters. The van der Waals surface area contributed by atoms with Crippen LogP contribution < -0.4 is 4.74 Å². The number of rotatable bonds is 3. The Labute approximate surface area is 112 Å². The number of ketones is 1. The average Bonchev–Trinajstić information content (AvgIpc) is 2.70. The fourth-order valence-corrected chi connectivity index (χ4v) is 2.29. The maximum absolute atomic E-state index is 11.4. The molecule has 1 heterocycles. The maximum atomic E-state index is 11.4. The lowest BCUT2D eigenvalue weighted by molar-refractivity contribution is -0.161. The Hall–Kier alpha value is -1.84.